The Bertz CT molecular complexity index is 917. The SMILES string of the molecule is [2H]C([2H])([2H])Oc1ccc2c3c1OC1([2H])C([2H])(O)C=C[C@H]4[C@@]([2H])(C2)N(C)CC[C@@]341. The zero-order valence-electron chi connectivity index (χ0n) is 18.2. The van der Waals surface area contributed by atoms with Gasteiger partial charge in [0.15, 0.2) is 11.5 Å². The van der Waals surface area contributed by atoms with Crippen LogP contribution in [-0.2, 0) is 11.8 Å². The number of nitrogens with zero attached hydrogens (tertiary/aromatic N) is 1. The van der Waals surface area contributed by atoms with Gasteiger partial charge in [-0.05, 0) is 38.1 Å². The summed E-state index contributed by atoms with van der Waals surface area (Å²) in [5, 5.41) is 10.8. The van der Waals surface area contributed by atoms with Gasteiger partial charge in [-0.15, -0.1) is 0 Å². The maximum Gasteiger partial charge on any atom is 0.165 e. The molecule has 2 heterocycles. The molecule has 0 saturated carbocycles. The summed E-state index contributed by atoms with van der Waals surface area (Å²) in [6, 6.07) is 2.15. The van der Waals surface area contributed by atoms with Gasteiger partial charge in [0.25, 0.3) is 0 Å². The number of benzene rings is 1. The lowest BCUT2D eigenvalue weighted by Gasteiger charge is -2.56. The van der Waals surface area contributed by atoms with Crippen LogP contribution in [0.1, 0.15) is 25.8 Å². The molecular formula is C18H21NO3. The summed E-state index contributed by atoms with van der Waals surface area (Å²) < 4.78 is 60.1. The van der Waals surface area contributed by atoms with Crippen molar-refractivity contribution in [2.45, 2.75) is 36.4 Å². The molecule has 116 valence electrons. The average molecular weight is 305 g/mol. The molecule has 1 N–H and O–H groups in total. The topological polar surface area (TPSA) is 41.9 Å². The third kappa shape index (κ3) is 1.28. The number of likely N-dealkylation sites (N-methyl/N-ethyl adjacent to an activating group) is 1. The van der Waals surface area contributed by atoms with Crippen LogP contribution in [0.25, 0.3) is 0 Å². The summed E-state index contributed by atoms with van der Waals surface area (Å²) in [6.07, 6.45) is -0.800. The Morgan fingerprint density at radius 1 is 1.50 bits per heavy atom. The van der Waals surface area contributed by atoms with E-state index in [0.717, 1.165) is 5.56 Å². The third-order valence-corrected chi connectivity index (χ3v) is 5.65. The molecule has 1 aromatic carbocycles. The van der Waals surface area contributed by atoms with Crippen LogP contribution >= 0.6 is 0 Å². The molecule has 2 unspecified atom stereocenters. The van der Waals surface area contributed by atoms with Crippen LogP contribution in [-0.4, -0.2) is 48.8 Å². The third-order valence-electron chi connectivity index (χ3n) is 5.65. The van der Waals surface area contributed by atoms with Crippen molar-refractivity contribution < 1.29 is 22.8 Å². The second-order valence-corrected chi connectivity index (χ2v) is 6.49. The minimum Gasteiger partial charge on any atom is -0.493 e. The Hall–Kier alpha value is -1.52. The molecule has 4 aliphatic rings. The Morgan fingerprint density at radius 2 is 2.41 bits per heavy atom. The maximum absolute atomic E-state index is 10.8. The average Bonchev–Trinajstić information content (AvgIpc) is 2.84. The Balaban J connectivity index is 1.84. The van der Waals surface area contributed by atoms with Gasteiger partial charge in [-0.3, -0.25) is 0 Å². The summed E-state index contributed by atoms with van der Waals surface area (Å²) in [7, 11) is -0.834. The van der Waals surface area contributed by atoms with E-state index in [0.29, 0.717) is 24.9 Å². The van der Waals surface area contributed by atoms with Crippen molar-refractivity contribution in [2.75, 3.05) is 20.6 Å². The minimum atomic E-state index is -2.70. The molecule has 2 aliphatic carbocycles. The Labute approximate surface area is 138 Å². The Kier molecular flexibility index (Phi) is 1.54. The van der Waals surface area contributed by atoms with Crippen LogP contribution in [0.2, 0.25) is 0 Å². The zero-order valence-corrected chi connectivity index (χ0v) is 12.2. The summed E-state index contributed by atoms with van der Waals surface area (Å²) in [4.78, 5) is 1.94. The van der Waals surface area contributed by atoms with Crippen LogP contribution in [0, 0.1) is 5.92 Å². The van der Waals surface area contributed by atoms with E-state index in [9.17, 15) is 6.48 Å². The lowest BCUT2D eigenvalue weighted by molar-refractivity contribution is -0.0453. The first-order valence-corrected chi connectivity index (χ1v) is 7.53. The first-order valence-electron chi connectivity index (χ1n) is 10.5. The predicted molar refractivity (Wildman–Crippen MR) is 82.5 cm³/mol. The molecule has 0 radical (unpaired) electrons. The van der Waals surface area contributed by atoms with Gasteiger partial charge in [-0.1, -0.05) is 18.2 Å². The maximum atomic E-state index is 10.8. The number of methoxy groups -OCH3 is 1. The summed E-state index contributed by atoms with van der Waals surface area (Å²) in [6.45, 7) is 0.497. The van der Waals surface area contributed by atoms with Crippen molar-refractivity contribution in [1.29, 1.82) is 0 Å². The summed E-state index contributed by atoms with van der Waals surface area (Å²) in [5.74, 6) is -0.409. The molecule has 1 saturated heterocycles. The van der Waals surface area contributed by atoms with Gasteiger partial charge in [-0.25, -0.2) is 0 Å². The van der Waals surface area contributed by atoms with Crippen LogP contribution in [0.4, 0.5) is 0 Å². The fourth-order valence-electron chi connectivity index (χ4n) is 4.69. The number of piperidine rings is 1. The molecule has 1 spiro atoms. The molecule has 1 aromatic rings. The normalized spacial score (nSPS) is 55.6. The minimum absolute atomic E-state index is 0.0277. The fraction of sp³-hybridized carbons (Fsp3) is 0.556. The molecule has 5 rings (SSSR count). The van der Waals surface area contributed by atoms with E-state index in [-0.39, 0.29) is 11.5 Å². The zero-order chi connectivity index (χ0) is 20.3. The van der Waals surface area contributed by atoms with E-state index < -0.39 is 36.5 Å². The second kappa shape index (κ2) is 4.06. The van der Waals surface area contributed by atoms with Crippen molar-refractivity contribution in [3.8, 4) is 11.5 Å². The standard InChI is InChI=1S/C18H21NO3/c1-19-8-7-18-11-4-5-13(20)17(18)22-16-14(21-2)6-3-10(15(16)18)9-12(11)19/h3-6,11-13,17,20H,7-9H2,1-2H3/t11-,12+,13?,17?,18-/m0/s1/i2D3,12D,13D,17D. The fourth-order valence-corrected chi connectivity index (χ4v) is 4.69. The van der Waals surface area contributed by atoms with E-state index in [1.165, 1.54) is 12.1 Å². The highest BCUT2D eigenvalue weighted by Crippen LogP contribution is 2.62. The van der Waals surface area contributed by atoms with Crippen molar-refractivity contribution in [3.63, 3.8) is 0 Å². The molecule has 4 heteroatoms. The number of aliphatic hydroxyl groups is 1. The highest BCUT2D eigenvalue weighted by molar-refractivity contribution is 5.62. The predicted octanol–water partition coefficient (Wildman–Crippen LogP) is 1.50. The number of rotatable bonds is 1. The molecule has 0 amide bonds. The molecule has 22 heavy (non-hydrogen) atoms. The molecule has 5 atom stereocenters. The van der Waals surface area contributed by atoms with Gasteiger partial charge < -0.3 is 19.5 Å². The van der Waals surface area contributed by atoms with Crippen LogP contribution in [0.15, 0.2) is 24.3 Å². The van der Waals surface area contributed by atoms with E-state index in [4.69, 9.17) is 16.3 Å². The van der Waals surface area contributed by atoms with Crippen molar-refractivity contribution in [3.05, 3.63) is 35.4 Å². The van der Waals surface area contributed by atoms with Gasteiger partial charge in [0.2, 0.25) is 0 Å². The molecule has 2 aliphatic heterocycles. The van der Waals surface area contributed by atoms with E-state index in [1.54, 1.807) is 12.1 Å². The summed E-state index contributed by atoms with van der Waals surface area (Å²) in [5.41, 5.74) is 0.245. The lowest BCUT2D eigenvalue weighted by atomic mass is 9.53. The van der Waals surface area contributed by atoms with Gasteiger partial charge >= 0.3 is 0 Å². The lowest BCUT2D eigenvalue weighted by Crippen LogP contribution is -2.64. The van der Waals surface area contributed by atoms with E-state index in [2.05, 4.69) is 0 Å². The second-order valence-electron chi connectivity index (χ2n) is 6.49. The van der Waals surface area contributed by atoms with Gasteiger partial charge in [0.05, 0.1) is 13.9 Å². The smallest absolute Gasteiger partial charge is 0.165 e. The molecule has 0 aromatic heterocycles. The van der Waals surface area contributed by atoms with Crippen LogP contribution < -0.4 is 9.47 Å². The number of ether oxygens (including phenoxy) is 2. The van der Waals surface area contributed by atoms with Crippen molar-refractivity contribution >= 4 is 0 Å². The van der Waals surface area contributed by atoms with Crippen LogP contribution in [0.3, 0.4) is 0 Å². The van der Waals surface area contributed by atoms with Crippen molar-refractivity contribution in [1.82, 2.24) is 4.90 Å². The number of likely N-dealkylation sites (tertiary alicyclic amines) is 1. The van der Waals surface area contributed by atoms with Gasteiger partial charge in [0, 0.05) is 24.3 Å². The number of hydrogen-bond acceptors (Lipinski definition) is 4. The molecule has 4 nitrogen and oxygen atoms in total. The molecule has 1 fully saturated rings. The highest BCUT2D eigenvalue weighted by atomic mass is 16.5. The van der Waals surface area contributed by atoms with Crippen molar-refractivity contribution in [2.24, 2.45) is 5.92 Å². The summed E-state index contributed by atoms with van der Waals surface area (Å²) >= 11 is 0. The van der Waals surface area contributed by atoms with Gasteiger partial charge in [-0.2, -0.15) is 0 Å². The van der Waals surface area contributed by atoms with Crippen LogP contribution in [0.5, 0.6) is 11.5 Å². The largest absolute Gasteiger partial charge is 0.493 e. The first-order chi connectivity index (χ1) is 12.9. The molecule has 2 bridgehead atoms. The van der Waals surface area contributed by atoms with E-state index in [1.807, 2.05) is 11.9 Å². The highest BCUT2D eigenvalue weighted by Gasteiger charge is 2.64. The number of hydrogen-bond donors (Lipinski definition) is 1. The van der Waals surface area contributed by atoms with E-state index >= 15 is 0 Å². The molecular weight excluding hydrogens is 278 g/mol. The van der Waals surface area contributed by atoms with Gasteiger partial charge in [0.1, 0.15) is 12.2 Å². The first kappa shape index (κ1) is 8.37. The Morgan fingerprint density at radius 3 is 3.27 bits per heavy atom. The quantitative estimate of drug-likeness (QED) is 0.799. The monoisotopic (exact) mass is 305 g/mol.